The third-order valence-corrected chi connectivity index (χ3v) is 7.34. The zero-order valence-electron chi connectivity index (χ0n) is 16.5. The normalized spacial score (nSPS) is 22.4. The van der Waals surface area contributed by atoms with Gasteiger partial charge in [-0.3, -0.25) is 9.08 Å². The Morgan fingerprint density at radius 1 is 1.30 bits per heavy atom. The molecule has 1 aliphatic rings. The average Bonchev–Trinajstić information content (AvgIpc) is 3.50. The lowest BCUT2D eigenvalue weighted by Crippen LogP contribution is -2.36. The standard InChI is InChI=1S/C18H23N9O2S/c1-2-12-9-13(24-30(28,29)8-7-26-6-5-21-25-26)10-14(12)18-23-22-16-11-20-17-15(27(16)18)3-4-19-17/h3-6,11-14,19,24H,2,7-10H2,1H3/t12-,13+,14+/m1/s1. The molecule has 0 amide bonds. The summed E-state index contributed by atoms with van der Waals surface area (Å²) in [5, 5.41) is 16.3. The number of hydrogen-bond acceptors (Lipinski definition) is 7. The summed E-state index contributed by atoms with van der Waals surface area (Å²) in [6.45, 7) is 2.41. The number of rotatable bonds is 7. The molecule has 4 aromatic rings. The third kappa shape index (κ3) is 3.45. The van der Waals surface area contributed by atoms with Crippen LogP contribution in [-0.4, -0.2) is 59.8 Å². The van der Waals surface area contributed by atoms with Crippen molar-refractivity contribution in [3.8, 4) is 0 Å². The Bertz CT molecular complexity index is 1260. The van der Waals surface area contributed by atoms with E-state index in [0.29, 0.717) is 18.0 Å². The second-order valence-corrected chi connectivity index (χ2v) is 9.64. The van der Waals surface area contributed by atoms with Crippen LogP contribution in [0.4, 0.5) is 0 Å². The Labute approximate surface area is 173 Å². The summed E-state index contributed by atoms with van der Waals surface area (Å²) in [6, 6.07) is 1.83. The molecule has 30 heavy (non-hydrogen) atoms. The molecule has 0 unspecified atom stereocenters. The fourth-order valence-corrected chi connectivity index (χ4v) is 5.75. The summed E-state index contributed by atoms with van der Waals surface area (Å²) in [4.78, 5) is 7.49. The lowest BCUT2D eigenvalue weighted by atomic mass is 9.93. The van der Waals surface area contributed by atoms with Gasteiger partial charge < -0.3 is 4.98 Å². The summed E-state index contributed by atoms with van der Waals surface area (Å²) in [5.74, 6) is 1.28. The highest BCUT2D eigenvalue weighted by atomic mass is 32.2. The predicted octanol–water partition coefficient (Wildman–Crippen LogP) is 1.09. The number of hydrogen-bond donors (Lipinski definition) is 2. The van der Waals surface area contributed by atoms with Gasteiger partial charge in [-0.15, -0.1) is 15.3 Å². The van der Waals surface area contributed by atoms with Gasteiger partial charge in [-0.1, -0.05) is 18.6 Å². The van der Waals surface area contributed by atoms with Gasteiger partial charge in [-0.25, -0.2) is 18.1 Å². The van der Waals surface area contributed by atoms with E-state index in [2.05, 4.69) is 42.1 Å². The van der Waals surface area contributed by atoms with Gasteiger partial charge in [0.25, 0.3) is 0 Å². The number of aromatic amines is 1. The van der Waals surface area contributed by atoms with Gasteiger partial charge in [-0.05, 0) is 24.8 Å². The third-order valence-electron chi connectivity index (χ3n) is 5.93. The van der Waals surface area contributed by atoms with Crippen molar-refractivity contribution >= 4 is 26.8 Å². The molecule has 3 atom stereocenters. The minimum absolute atomic E-state index is 0.0299. The van der Waals surface area contributed by atoms with Crippen molar-refractivity contribution in [3.05, 3.63) is 36.7 Å². The van der Waals surface area contributed by atoms with E-state index >= 15 is 0 Å². The van der Waals surface area contributed by atoms with Crippen molar-refractivity contribution in [2.24, 2.45) is 5.92 Å². The maximum atomic E-state index is 12.6. The maximum absolute atomic E-state index is 12.6. The molecule has 1 saturated carbocycles. The lowest BCUT2D eigenvalue weighted by Gasteiger charge is -2.16. The first kappa shape index (κ1) is 19.1. The zero-order valence-corrected chi connectivity index (χ0v) is 17.3. The first-order chi connectivity index (χ1) is 14.5. The van der Waals surface area contributed by atoms with Crippen molar-refractivity contribution < 1.29 is 8.42 Å². The highest BCUT2D eigenvalue weighted by molar-refractivity contribution is 7.89. The Hall–Kier alpha value is -2.86. The molecule has 12 heteroatoms. The highest BCUT2D eigenvalue weighted by Gasteiger charge is 2.38. The van der Waals surface area contributed by atoms with E-state index < -0.39 is 10.0 Å². The molecular formula is C18H23N9O2S. The molecule has 0 bridgehead atoms. The fraction of sp³-hybridized carbons (Fsp3) is 0.500. The zero-order chi connectivity index (χ0) is 20.7. The first-order valence-electron chi connectivity index (χ1n) is 10.1. The van der Waals surface area contributed by atoms with Crippen LogP contribution < -0.4 is 4.72 Å². The van der Waals surface area contributed by atoms with E-state index in [-0.39, 0.29) is 24.3 Å². The molecule has 1 aliphatic carbocycles. The molecule has 11 nitrogen and oxygen atoms in total. The molecular weight excluding hydrogens is 406 g/mol. The summed E-state index contributed by atoms with van der Waals surface area (Å²) < 4.78 is 31.7. The largest absolute Gasteiger partial charge is 0.345 e. The highest BCUT2D eigenvalue weighted by Crippen LogP contribution is 2.41. The van der Waals surface area contributed by atoms with Crippen LogP contribution in [0.1, 0.15) is 37.9 Å². The summed E-state index contributed by atoms with van der Waals surface area (Å²) in [6.07, 6.45) is 9.15. The predicted molar refractivity (Wildman–Crippen MR) is 109 cm³/mol. The molecule has 158 valence electrons. The monoisotopic (exact) mass is 429 g/mol. The van der Waals surface area contributed by atoms with Crippen molar-refractivity contribution in [3.63, 3.8) is 0 Å². The number of nitrogens with zero attached hydrogens (tertiary/aromatic N) is 7. The number of sulfonamides is 1. The van der Waals surface area contributed by atoms with E-state index in [1.807, 2.05) is 16.7 Å². The summed E-state index contributed by atoms with van der Waals surface area (Å²) >= 11 is 0. The van der Waals surface area contributed by atoms with E-state index in [0.717, 1.165) is 29.8 Å². The first-order valence-corrected chi connectivity index (χ1v) is 11.7. The quantitative estimate of drug-likeness (QED) is 0.449. The number of fused-ring (bicyclic) bond motifs is 3. The minimum atomic E-state index is -3.43. The van der Waals surface area contributed by atoms with Gasteiger partial charge in [0, 0.05) is 24.4 Å². The summed E-state index contributed by atoms with van der Waals surface area (Å²) in [7, 11) is -3.43. The molecule has 2 N–H and O–H groups in total. The van der Waals surface area contributed by atoms with Crippen molar-refractivity contribution in [1.82, 2.24) is 44.3 Å². The Morgan fingerprint density at radius 2 is 2.20 bits per heavy atom. The van der Waals surface area contributed by atoms with Crippen LogP contribution in [0.3, 0.4) is 0 Å². The van der Waals surface area contributed by atoms with Crippen molar-refractivity contribution in [1.29, 1.82) is 0 Å². The number of aromatic nitrogens is 8. The van der Waals surface area contributed by atoms with Crippen molar-refractivity contribution in [2.75, 3.05) is 5.75 Å². The second kappa shape index (κ2) is 7.43. The molecule has 0 aliphatic heterocycles. The van der Waals surface area contributed by atoms with Gasteiger partial charge in [0.05, 0.1) is 30.2 Å². The molecule has 5 rings (SSSR count). The Morgan fingerprint density at radius 3 is 3.00 bits per heavy atom. The molecule has 0 saturated heterocycles. The van der Waals surface area contributed by atoms with Crippen LogP contribution in [0.2, 0.25) is 0 Å². The average molecular weight is 430 g/mol. The molecule has 0 radical (unpaired) electrons. The van der Waals surface area contributed by atoms with Gasteiger partial charge in [0.1, 0.15) is 5.82 Å². The van der Waals surface area contributed by atoms with Crippen molar-refractivity contribution in [2.45, 2.75) is 44.7 Å². The fourth-order valence-electron chi connectivity index (χ4n) is 4.51. The van der Waals surface area contributed by atoms with Gasteiger partial charge in [-0.2, -0.15) is 0 Å². The number of nitrogens with one attached hydrogen (secondary N) is 2. The number of aryl methyl sites for hydroxylation is 1. The Balaban J connectivity index is 1.37. The molecule has 1 fully saturated rings. The van der Waals surface area contributed by atoms with Gasteiger partial charge in [0.2, 0.25) is 10.0 Å². The molecule has 0 spiro atoms. The SMILES string of the molecule is CC[C@@H]1C[C@H](NS(=O)(=O)CCn2ccnn2)C[C@@H]1c1nnc2cnc3[nH]ccc3n12. The van der Waals surface area contributed by atoms with E-state index in [4.69, 9.17) is 0 Å². The van der Waals surface area contributed by atoms with Crippen LogP contribution in [0, 0.1) is 5.92 Å². The van der Waals surface area contributed by atoms with E-state index in [1.54, 1.807) is 12.4 Å². The van der Waals surface area contributed by atoms with E-state index in [1.165, 1.54) is 10.9 Å². The van der Waals surface area contributed by atoms with E-state index in [9.17, 15) is 8.42 Å². The van der Waals surface area contributed by atoms with Crippen LogP contribution in [0.25, 0.3) is 16.8 Å². The maximum Gasteiger partial charge on any atom is 0.213 e. The summed E-state index contributed by atoms with van der Waals surface area (Å²) in [5.41, 5.74) is 2.41. The van der Waals surface area contributed by atoms with Crippen LogP contribution >= 0.6 is 0 Å². The topological polar surface area (TPSA) is 136 Å². The van der Waals surface area contributed by atoms with Gasteiger partial charge in [0.15, 0.2) is 11.3 Å². The van der Waals surface area contributed by atoms with Gasteiger partial charge >= 0.3 is 0 Å². The molecule has 0 aromatic carbocycles. The van der Waals surface area contributed by atoms with Crippen LogP contribution in [0.15, 0.2) is 30.9 Å². The van der Waals surface area contributed by atoms with Crippen LogP contribution in [0.5, 0.6) is 0 Å². The molecule has 4 aromatic heterocycles. The number of H-pyrrole nitrogens is 1. The van der Waals surface area contributed by atoms with Crippen LogP contribution in [-0.2, 0) is 16.6 Å². The Kier molecular flexibility index (Phi) is 4.74. The second-order valence-electron chi connectivity index (χ2n) is 7.77. The molecule has 4 heterocycles. The lowest BCUT2D eigenvalue weighted by molar-refractivity contribution is 0.449. The smallest absolute Gasteiger partial charge is 0.213 e. The minimum Gasteiger partial charge on any atom is -0.345 e.